The van der Waals surface area contributed by atoms with E-state index in [4.69, 9.17) is 0 Å². The maximum absolute atomic E-state index is 10.2. The van der Waals surface area contributed by atoms with Crippen LogP contribution in [0.3, 0.4) is 0 Å². The minimum atomic E-state index is -4.62. The van der Waals surface area contributed by atoms with E-state index in [-0.39, 0.29) is 13.2 Å². The Morgan fingerprint density at radius 3 is 2.67 bits per heavy atom. The summed E-state index contributed by atoms with van der Waals surface area (Å²) < 4.78 is 36.5. The first kappa shape index (κ1) is 12.6. The second-order valence-electron chi connectivity index (χ2n) is 3.39. The van der Waals surface area contributed by atoms with Crippen molar-refractivity contribution in [1.29, 1.82) is 0 Å². The lowest BCUT2D eigenvalue weighted by molar-refractivity contribution is -0.697. The molecule has 0 aliphatic carbocycles. The van der Waals surface area contributed by atoms with Gasteiger partial charge in [0.1, 0.15) is 12.9 Å². The summed E-state index contributed by atoms with van der Waals surface area (Å²) in [7, 11) is -4.62. The molecule has 0 aromatic carbocycles. The number of rotatable bonds is 5. The van der Waals surface area contributed by atoms with E-state index >= 15 is 0 Å². The molecule has 2 aromatic rings. The fourth-order valence-electron chi connectivity index (χ4n) is 1.35. The van der Waals surface area contributed by atoms with Gasteiger partial charge in [0.2, 0.25) is 10.4 Å². The molecule has 2 rings (SSSR count). The van der Waals surface area contributed by atoms with Crippen LogP contribution in [0.5, 0.6) is 0 Å². The van der Waals surface area contributed by atoms with Crippen LogP contribution in [-0.2, 0) is 21.1 Å². The van der Waals surface area contributed by atoms with Crippen LogP contribution in [0, 0.1) is 0 Å². The summed E-state index contributed by atoms with van der Waals surface area (Å²) in [5, 5.41) is 6.45. The molecule has 0 spiro atoms. The van der Waals surface area contributed by atoms with Crippen LogP contribution in [-0.4, -0.2) is 34.8 Å². The highest BCUT2D eigenvalue weighted by Crippen LogP contribution is 2.09. The quantitative estimate of drug-likeness (QED) is 0.434. The second kappa shape index (κ2) is 5.21. The zero-order valence-corrected chi connectivity index (χ0v) is 10.0. The smallest absolute Gasteiger partial charge is 0.217 e. The third-order valence-corrected chi connectivity index (χ3v) is 2.61. The molecule has 0 saturated carbocycles. The first-order chi connectivity index (χ1) is 8.54. The zero-order chi connectivity index (χ0) is 13.0. The predicted molar refractivity (Wildman–Crippen MR) is 57.7 cm³/mol. The minimum Gasteiger partial charge on any atom is -0.726 e. The molecular weight excluding hydrogens is 260 g/mol. The van der Waals surface area contributed by atoms with Crippen molar-refractivity contribution in [2.24, 2.45) is 0 Å². The van der Waals surface area contributed by atoms with Gasteiger partial charge in [0.05, 0.1) is 0 Å². The zero-order valence-electron chi connectivity index (χ0n) is 9.18. The molecule has 0 aliphatic rings. The maximum Gasteiger partial charge on any atom is 0.217 e. The van der Waals surface area contributed by atoms with Gasteiger partial charge in [0, 0.05) is 17.7 Å². The molecule has 2 aromatic heterocycles. The van der Waals surface area contributed by atoms with Crippen molar-refractivity contribution in [3.63, 3.8) is 0 Å². The Morgan fingerprint density at radius 2 is 2.11 bits per heavy atom. The van der Waals surface area contributed by atoms with E-state index in [1.165, 1.54) is 6.33 Å². The highest BCUT2D eigenvalue weighted by atomic mass is 32.3. The van der Waals surface area contributed by atoms with Crippen molar-refractivity contribution in [2.75, 3.05) is 6.61 Å². The normalized spacial score (nSPS) is 11.6. The van der Waals surface area contributed by atoms with Crippen LogP contribution in [0.25, 0.3) is 11.4 Å². The summed E-state index contributed by atoms with van der Waals surface area (Å²) in [6, 6.07) is 3.57. The minimum absolute atomic E-state index is 0.196. The van der Waals surface area contributed by atoms with Gasteiger partial charge < -0.3 is 4.55 Å². The summed E-state index contributed by atoms with van der Waals surface area (Å²) in [4.78, 5) is 3.99. The Kier molecular flexibility index (Phi) is 3.65. The monoisotopic (exact) mass is 270 g/mol. The molecule has 0 atom stereocenters. The Balaban J connectivity index is 1.96. The molecule has 1 N–H and O–H groups in total. The summed E-state index contributed by atoms with van der Waals surface area (Å²) in [6.45, 7) is 0.0658. The number of hydrogen-bond donors (Lipinski definition) is 1. The van der Waals surface area contributed by atoms with Crippen molar-refractivity contribution >= 4 is 10.4 Å². The van der Waals surface area contributed by atoms with E-state index in [1.807, 2.05) is 0 Å². The predicted octanol–water partition coefficient (Wildman–Crippen LogP) is -0.764. The number of nitrogens with zero attached hydrogens (tertiary/aromatic N) is 3. The SMILES string of the molecule is O=S(=O)([O-])OCC[n+]1ccc(-c2ncn[nH]2)cc1. The maximum atomic E-state index is 10.2. The topological polar surface area (TPSA) is 112 Å². The lowest BCUT2D eigenvalue weighted by Crippen LogP contribution is -2.35. The molecular formula is C9H10N4O4S. The number of pyridine rings is 1. The molecule has 0 saturated heterocycles. The molecule has 0 amide bonds. The van der Waals surface area contributed by atoms with Crippen molar-refractivity contribution in [2.45, 2.75) is 6.54 Å². The largest absolute Gasteiger partial charge is 0.726 e. The summed E-state index contributed by atoms with van der Waals surface area (Å²) >= 11 is 0. The number of nitrogens with one attached hydrogen (secondary N) is 1. The Bertz CT molecular complexity index is 594. The number of aromatic nitrogens is 4. The van der Waals surface area contributed by atoms with Gasteiger partial charge >= 0.3 is 0 Å². The summed E-state index contributed by atoms with van der Waals surface area (Å²) in [6.07, 6.45) is 4.85. The van der Waals surface area contributed by atoms with Crippen LogP contribution in [0.4, 0.5) is 0 Å². The van der Waals surface area contributed by atoms with Crippen molar-refractivity contribution in [3.05, 3.63) is 30.9 Å². The molecule has 0 fully saturated rings. The van der Waals surface area contributed by atoms with Crippen molar-refractivity contribution in [1.82, 2.24) is 15.2 Å². The third kappa shape index (κ3) is 3.58. The van der Waals surface area contributed by atoms with Crippen molar-refractivity contribution < 1.29 is 21.7 Å². The van der Waals surface area contributed by atoms with E-state index in [9.17, 15) is 13.0 Å². The number of aromatic amines is 1. The highest BCUT2D eigenvalue weighted by Gasteiger charge is 2.05. The molecule has 0 unspecified atom stereocenters. The first-order valence-electron chi connectivity index (χ1n) is 5.00. The second-order valence-corrected chi connectivity index (χ2v) is 4.44. The van der Waals surface area contributed by atoms with Gasteiger partial charge in [0.25, 0.3) is 0 Å². The molecule has 0 bridgehead atoms. The van der Waals surface area contributed by atoms with E-state index in [2.05, 4.69) is 19.4 Å². The van der Waals surface area contributed by atoms with E-state index in [1.54, 1.807) is 29.1 Å². The van der Waals surface area contributed by atoms with Gasteiger partial charge in [-0.2, -0.15) is 5.10 Å². The van der Waals surface area contributed by atoms with Crippen molar-refractivity contribution in [3.8, 4) is 11.4 Å². The van der Waals surface area contributed by atoms with Crippen LogP contribution >= 0.6 is 0 Å². The van der Waals surface area contributed by atoms with Crippen LogP contribution < -0.4 is 4.57 Å². The van der Waals surface area contributed by atoms with Crippen LogP contribution in [0.2, 0.25) is 0 Å². The molecule has 96 valence electrons. The van der Waals surface area contributed by atoms with E-state index < -0.39 is 10.4 Å². The van der Waals surface area contributed by atoms with E-state index in [0.29, 0.717) is 5.82 Å². The molecule has 18 heavy (non-hydrogen) atoms. The Hall–Kier alpha value is -1.84. The lowest BCUT2D eigenvalue weighted by Gasteiger charge is -2.05. The number of H-pyrrole nitrogens is 1. The summed E-state index contributed by atoms with van der Waals surface area (Å²) in [5.41, 5.74) is 0.848. The average Bonchev–Trinajstić information content (AvgIpc) is 2.82. The van der Waals surface area contributed by atoms with Gasteiger partial charge in [-0.05, 0) is 0 Å². The van der Waals surface area contributed by atoms with Crippen LogP contribution in [0.1, 0.15) is 0 Å². The fourth-order valence-corrected chi connectivity index (χ4v) is 1.63. The molecule has 8 nitrogen and oxygen atoms in total. The Morgan fingerprint density at radius 1 is 1.39 bits per heavy atom. The van der Waals surface area contributed by atoms with Gasteiger partial charge in [0.15, 0.2) is 24.8 Å². The van der Waals surface area contributed by atoms with Gasteiger partial charge in [-0.15, -0.1) is 0 Å². The molecule has 2 heterocycles. The van der Waals surface area contributed by atoms with Gasteiger partial charge in [-0.1, -0.05) is 0 Å². The van der Waals surface area contributed by atoms with E-state index in [0.717, 1.165) is 5.56 Å². The molecule has 9 heteroatoms. The fraction of sp³-hybridized carbons (Fsp3) is 0.222. The average molecular weight is 270 g/mol. The lowest BCUT2D eigenvalue weighted by atomic mass is 10.2. The third-order valence-electron chi connectivity index (χ3n) is 2.16. The van der Waals surface area contributed by atoms with Gasteiger partial charge in [-0.25, -0.2) is 18.0 Å². The Labute approximate surface area is 103 Å². The first-order valence-corrected chi connectivity index (χ1v) is 6.33. The highest BCUT2D eigenvalue weighted by molar-refractivity contribution is 7.80. The molecule has 0 aliphatic heterocycles. The van der Waals surface area contributed by atoms with Gasteiger partial charge in [-0.3, -0.25) is 9.28 Å². The number of hydrogen-bond acceptors (Lipinski definition) is 6. The summed E-state index contributed by atoms with van der Waals surface area (Å²) in [5.74, 6) is 0.639. The van der Waals surface area contributed by atoms with Crippen LogP contribution in [0.15, 0.2) is 30.9 Å². The standard InChI is InChI=1S/C9H10N4O4S/c14-18(15,16)17-6-5-13-3-1-8(2-4-13)9-10-7-11-12-9/h1-4,7H,5-6H2,(H,14,15,16). The molecule has 0 radical (unpaired) electrons.